The number of nitrogens with zero attached hydrogens (tertiary/aromatic N) is 3. The number of rotatable bonds is 4. The molecule has 2 aromatic carbocycles. The fourth-order valence-corrected chi connectivity index (χ4v) is 5.68. The normalized spacial score (nSPS) is 25.1. The van der Waals surface area contributed by atoms with E-state index in [1.54, 1.807) is 6.07 Å². The number of fused-ring (bicyclic) bond motifs is 1. The molecule has 0 aromatic heterocycles. The van der Waals surface area contributed by atoms with Gasteiger partial charge in [-0.2, -0.15) is 5.10 Å². The number of benzene rings is 2. The average Bonchev–Trinajstić information content (AvgIpc) is 3.43. The molecule has 5 rings (SSSR count). The molecule has 8 heteroatoms. The Kier molecular flexibility index (Phi) is 6.27. The van der Waals surface area contributed by atoms with E-state index >= 15 is 0 Å². The Bertz CT molecular complexity index is 1070. The molecular weight excluding hydrogens is 562 g/mol. The van der Waals surface area contributed by atoms with Crippen LogP contribution in [0, 0.1) is 15.4 Å². The minimum atomic E-state index is 0.0197. The summed E-state index contributed by atoms with van der Waals surface area (Å²) in [6, 6.07) is 14.1. The monoisotopic (exact) mass is 582 g/mol. The summed E-state index contributed by atoms with van der Waals surface area (Å²) in [5, 5.41) is 10.3. The molecule has 0 radical (unpaired) electrons. The number of thiocarbonyl (C=S) groups is 1. The third-order valence-corrected chi connectivity index (χ3v) is 7.74. The zero-order chi connectivity index (χ0) is 21.5. The first-order chi connectivity index (χ1) is 15.0. The van der Waals surface area contributed by atoms with Crippen LogP contribution in [0.4, 0.5) is 5.69 Å². The lowest BCUT2D eigenvalue weighted by atomic mass is 10.0. The third-order valence-electron chi connectivity index (χ3n) is 6.16. The summed E-state index contributed by atoms with van der Waals surface area (Å²) in [7, 11) is 0. The molecule has 0 amide bonds. The standard InChI is InChI=1S/C23H21Cl2IN4S/c24-17-6-9-21(19(25)10-17)30-22(14-4-7-18(26)8-5-14)11-20(27-30)23(31)28-29-12-15-2-1-3-16(15)13-29/h1-2,4-10,15-16,22H,3,11-13H2,(H,28,31). The first-order valence-corrected chi connectivity index (χ1v) is 12.5. The molecule has 3 aliphatic rings. The van der Waals surface area contributed by atoms with E-state index in [0.29, 0.717) is 33.3 Å². The fourth-order valence-electron chi connectivity index (χ4n) is 4.57. The van der Waals surface area contributed by atoms with Gasteiger partial charge in [0.1, 0.15) is 4.99 Å². The van der Waals surface area contributed by atoms with Gasteiger partial charge in [-0.25, -0.2) is 5.01 Å². The zero-order valence-electron chi connectivity index (χ0n) is 16.6. The maximum Gasteiger partial charge on any atom is 0.137 e. The maximum atomic E-state index is 6.55. The summed E-state index contributed by atoms with van der Waals surface area (Å²) < 4.78 is 1.20. The molecule has 1 saturated heterocycles. The summed E-state index contributed by atoms with van der Waals surface area (Å²) in [6.07, 6.45) is 6.51. The predicted molar refractivity (Wildman–Crippen MR) is 141 cm³/mol. The van der Waals surface area contributed by atoms with Crippen LogP contribution in [0.25, 0.3) is 0 Å². The van der Waals surface area contributed by atoms with E-state index in [4.69, 9.17) is 40.5 Å². The molecule has 2 aliphatic heterocycles. The van der Waals surface area contributed by atoms with Crippen molar-refractivity contribution in [1.29, 1.82) is 0 Å². The third kappa shape index (κ3) is 4.50. The van der Waals surface area contributed by atoms with Gasteiger partial charge < -0.3 is 5.43 Å². The lowest BCUT2D eigenvalue weighted by Gasteiger charge is -2.25. The summed E-state index contributed by atoms with van der Waals surface area (Å²) in [6.45, 7) is 2.00. The van der Waals surface area contributed by atoms with Gasteiger partial charge in [0.2, 0.25) is 0 Å². The predicted octanol–water partition coefficient (Wildman–Crippen LogP) is 6.25. The van der Waals surface area contributed by atoms with Crippen LogP contribution < -0.4 is 10.4 Å². The highest BCUT2D eigenvalue weighted by atomic mass is 127. The molecule has 0 spiro atoms. The van der Waals surface area contributed by atoms with Gasteiger partial charge in [0.25, 0.3) is 0 Å². The van der Waals surface area contributed by atoms with Crippen molar-refractivity contribution in [2.45, 2.75) is 18.9 Å². The number of halogens is 3. The van der Waals surface area contributed by atoms with Crippen molar-refractivity contribution in [2.24, 2.45) is 16.9 Å². The van der Waals surface area contributed by atoms with Crippen LogP contribution in [0.2, 0.25) is 10.0 Å². The molecule has 0 saturated carbocycles. The summed E-state index contributed by atoms with van der Waals surface area (Å²) in [5.74, 6) is 1.33. The van der Waals surface area contributed by atoms with Crippen molar-refractivity contribution in [3.63, 3.8) is 0 Å². The number of hydrazine groups is 1. The minimum absolute atomic E-state index is 0.0197. The van der Waals surface area contributed by atoms with Gasteiger partial charge >= 0.3 is 0 Å². The Labute approximate surface area is 211 Å². The highest BCUT2D eigenvalue weighted by Crippen LogP contribution is 2.40. The molecule has 2 aromatic rings. The highest BCUT2D eigenvalue weighted by molar-refractivity contribution is 14.1. The Morgan fingerprint density at radius 3 is 2.68 bits per heavy atom. The molecule has 0 bridgehead atoms. The number of hydrazone groups is 1. The first-order valence-electron chi connectivity index (χ1n) is 10.3. The molecule has 160 valence electrons. The number of nitrogens with one attached hydrogen (secondary N) is 1. The van der Waals surface area contributed by atoms with Crippen LogP contribution in [-0.2, 0) is 0 Å². The minimum Gasteiger partial charge on any atom is -0.308 e. The molecule has 4 nitrogen and oxygen atoms in total. The van der Waals surface area contributed by atoms with E-state index in [9.17, 15) is 0 Å². The molecule has 31 heavy (non-hydrogen) atoms. The van der Waals surface area contributed by atoms with Crippen LogP contribution in [0.1, 0.15) is 24.4 Å². The Hall–Kier alpha value is -1.19. The number of hydrogen-bond acceptors (Lipinski definition) is 4. The van der Waals surface area contributed by atoms with E-state index in [-0.39, 0.29) is 6.04 Å². The second-order valence-electron chi connectivity index (χ2n) is 8.19. The Morgan fingerprint density at radius 1 is 1.13 bits per heavy atom. The van der Waals surface area contributed by atoms with Gasteiger partial charge in [-0.05, 0) is 76.7 Å². The first kappa shape index (κ1) is 21.6. The van der Waals surface area contributed by atoms with E-state index in [1.165, 1.54) is 9.13 Å². The van der Waals surface area contributed by atoms with E-state index in [0.717, 1.165) is 30.9 Å². The van der Waals surface area contributed by atoms with Crippen molar-refractivity contribution >= 4 is 74.4 Å². The summed E-state index contributed by atoms with van der Waals surface area (Å²) in [5.41, 5.74) is 6.32. The van der Waals surface area contributed by atoms with Gasteiger partial charge in [-0.1, -0.05) is 59.7 Å². The smallest absolute Gasteiger partial charge is 0.137 e. The van der Waals surface area contributed by atoms with Gasteiger partial charge in [0.15, 0.2) is 0 Å². The van der Waals surface area contributed by atoms with Crippen LogP contribution in [0.5, 0.6) is 0 Å². The van der Waals surface area contributed by atoms with Crippen molar-refractivity contribution in [2.75, 3.05) is 18.1 Å². The second-order valence-corrected chi connectivity index (χ2v) is 10.7. The van der Waals surface area contributed by atoms with Crippen molar-refractivity contribution in [3.05, 3.63) is 73.8 Å². The van der Waals surface area contributed by atoms with Crippen LogP contribution in [0.3, 0.4) is 0 Å². The van der Waals surface area contributed by atoms with Crippen LogP contribution in [0.15, 0.2) is 59.7 Å². The number of allylic oxidation sites excluding steroid dienone is 1. The highest BCUT2D eigenvalue weighted by Gasteiger charge is 2.36. The van der Waals surface area contributed by atoms with Gasteiger partial charge in [-0.3, -0.25) is 5.01 Å². The molecule has 1 fully saturated rings. The lowest BCUT2D eigenvalue weighted by Crippen LogP contribution is -2.43. The summed E-state index contributed by atoms with van der Waals surface area (Å²) in [4.78, 5) is 0.687. The average molecular weight is 583 g/mol. The lowest BCUT2D eigenvalue weighted by molar-refractivity contribution is 0.284. The molecule has 3 unspecified atom stereocenters. The molecule has 1 aliphatic carbocycles. The van der Waals surface area contributed by atoms with Crippen molar-refractivity contribution < 1.29 is 0 Å². The summed E-state index contributed by atoms with van der Waals surface area (Å²) >= 11 is 20.8. The Balaban J connectivity index is 1.40. The largest absolute Gasteiger partial charge is 0.308 e. The Morgan fingerprint density at radius 2 is 1.94 bits per heavy atom. The maximum absolute atomic E-state index is 6.55. The van der Waals surface area contributed by atoms with E-state index in [2.05, 4.69) is 69.4 Å². The molecule has 1 N–H and O–H groups in total. The van der Waals surface area contributed by atoms with Crippen LogP contribution >= 0.6 is 58.0 Å². The van der Waals surface area contributed by atoms with Crippen LogP contribution in [-0.4, -0.2) is 28.8 Å². The van der Waals surface area contributed by atoms with E-state index < -0.39 is 0 Å². The molecule has 3 atom stereocenters. The fraction of sp³-hybridized carbons (Fsp3) is 0.304. The number of hydrogen-bond donors (Lipinski definition) is 1. The quantitative estimate of drug-likeness (QED) is 0.262. The topological polar surface area (TPSA) is 30.9 Å². The van der Waals surface area contributed by atoms with Gasteiger partial charge in [-0.15, -0.1) is 0 Å². The second kappa shape index (κ2) is 8.98. The molecular formula is C23H21Cl2IN4S. The SMILES string of the molecule is S=C(NN1CC2C=CCC2C1)C1=NN(c2ccc(Cl)cc2Cl)C(c2ccc(I)cc2)C1. The molecule has 2 heterocycles. The number of anilines is 1. The van der Waals surface area contributed by atoms with Gasteiger partial charge in [0, 0.05) is 28.1 Å². The van der Waals surface area contributed by atoms with E-state index in [1.807, 2.05) is 17.1 Å². The van der Waals surface area contributed by atoms with Gasteiger partial charge in [0.05, 0.1) is 22.5 Å². The van der Waals surface area contributed by atoms with Crippen molar-refractivity contribution in [1.82, 2.24) is 10.4 Å². The zero-order valence-corrected chi connectivity index (χ0v) is 21.1. The van der Waals surface area contributed by atoms with Crippen molar-refractivity contribution in [3.8, 4) is 0 Å².